The van der Waals surface area contributed by atoms with Crippen LogP contribution in [0.25, 0.3) is 0 Å². The maximum atomic E-state index is 12.7. The number of carbonyl (C=O) groups excluding carboxylic acids is 1. The molecule has 1 N–H and O–H groups in total. The molecule has 5 nitrogen and oxygen atoms in total. The predicted octanol–water partition coefficient (Wildman–Crippen LogP) is 4.05. The Morgan fingerprint density at radius 2 is 1.82 bits per heavy atom. The van der Waals surface area contributed by atoms with Crippen LogP contribution in [0, 0.1) is 11.8 Å². The van der Waals surface area contributed by atoms with Gasteiger partial charge in [-0.25, -0.2) is 8.42 Å². The second-order valence-electron chi connectivity index (χ2n) is 7.67. The molecule has 0 radical (unpaired) electrons. The Kier molecular flexibility index (Phi) is 6.91. The van der Waals surface area contributed by atoms with Gasteiger partial charge >= 0.3 is 0 Å². The normalized spacial score (nSPS) is 17.5. The van der Waals surface area contributed by atoms with Gasteiger partial charge in [0, 0.05) is 24.4 Å². The lowest BCUT2D eigenvalue weighted by molar-refractivity contribution is -0.123. The molecular formula is C21H28N2O3S2. The molecule has 1 aromatic heterocycles. The van der Waals surface area contributed by atoms with Gasteiger partial charge in [-0.3, -0.25) is 4.79 Å². The lowest BCUT2D eigenvalue weighted by Crippen LogP contribution is -2.40. The molecule has 3 rings (SSSR count). The molecule has 1 amide bonds. The van der Waals surface area contributed by atoms with Crippen molar-refractivity contribution >= 4 is 27.3 Å². The molecule has 1 aliphatic heterocycles. The molecule has 1 aliphatic rings. The number of piperidine rings is 1. The summed E-state index contributed by atoms with van der Waals surface area (Å²) in [6, 6.07) is 12.6. The van der Waals surface area contributed by atoms with Gasteiger partial charge in [0.15, 0.2) is 0 Å². The van der Waals surface area contributed by atoms with Crippen LogP contribution in [0.4, 0.5) is 0 Å². The van der Waals surface area contributed by atoms with Crippen LogP contribution in [0.2, 0.25) is 0 Å². The Balaban J connectivity index is 1.53. The van der Waals surface area contributed by atoms with E-state index in [-0.39, 0.29) is 17.9 Å². The van der Waals surface area contributed by atoms with Gasteiger partial charge in [0.2, 0.25) is 15.9 Å². The van der Waals surface area contributed by atoms with Crippen LogP contribution in [0.5, 0.6) is 0 Å². The number of thiophene rings is 1. The molecule has 2 aromatic rings. The average molecular weight is 421 g/mol. The summed E-state index contributed by atoms with van der Waals surface area (Å²) in [5, 5.41) is 5.20. The number of hydrogen-bond acceptors (Lipinski definition) is 4. The van der Waals surface area contributed by atoms with Crippen molar-refractivity contribution in [3.63, 3.8) is 0 Å². The standard InChI is InChI=1S/C21H28N2O3S2/c1-16(2)21(19-9-6-14-27-19)22-20(24)15-17-10-12-23(13-11-17)28(25,26)18-7-4-3-5-8-18/h3-9,14,16-17,21H,10-13,15H2,1-2H3,(H,22,24). The second kappa shape index (κ2) is 9.20. The van der Waals surface area contributed by atoms with Gasteiger partial charge in [0.1, 0.15) is 0 Å². The minimum Gasteiger partial charge on any atom is -0.348 e. The van der Waals surface area contributed by atoms with Gasteiger partial charge in [-0.05, 0) is 48.3 Å². The first-order valence-electron chi connectivity index (χ1n) is 9.76. The zero-order chi connectivity index (χ0) is 20.1. The van der Waals surface area contributed by atoms with Crippen molar-refractivity contribution in [2.24, 2.45) is 11.8 Å². The van der Waals surface area contributed by atoms with Crippen LogP contribution >= 0.6 is 11.3 Å². The van der Waals surface area contributed by atoms with E-state index in [2.05, 4.69) is 25.2 Å². The highest BCUT2D eigenvalue weighted by Gasteiger charge is 2.30. The van der Waals surface area contributed by atoms with Gasteiger partial charge in [0.25, 0.3) is 0 Å². The third-order valence-corrected chi connectivity index (χ3v) is 8.13. The second-order valence-corrected chi connectivity index (χ2v) is 10.6. The lowest BCUT2D eigenvalue weighted by Gasteiger charge is -2.31. The molecule has 0 spiro atoms. The summed E-state index contributed by atoms with van der Waals surface area (Å²) < 4.78 is 27.0. The van der Waals surface area contributed by atoms with E-state index in [1.807, 2.05) is 17.5 Å². The van der Waals surface area contributed by atoms with E-state index in [4.69, 9.17) is 0 Å². The van der Waals surface area contributed by atoms with Crippen LogP contribution in [0.15, 0.2) is 52.7 Å². The summed E-state index contributed by atoms with van der Waals surface area (Å²) in [7, 11) is -3.44. The van der Waals surface area contributed by atoms with Gasteiger partial charge in [0.05, 0.1) is 10.9 Å². The minimum atomic E-state index is -3.44. The van der Waals surface area contributed by atoms with E-state index < -0.39 is 10.0 Å². The third-order valence-electron chi connectivity index (χ3n) is 5.26. The maximum absolute atomic E-state index is 12.7. The molecule has 1 atom stereocenters. The van der Waals surface area contributed by atoms with Gasteiger partial charge in [-0.15, -0.1) is 11.3 Å². The van der Waals surface area contributed by atoms with Crippen LogP contribution in [0.1, 0.15) is 44.0 Å². The SMILES string of the molecule is CC(C)C(NC(=O)CC1CCN(S(=O)(=O)c2ccccc2)CC1)c1cccs1. The highest BCUT2D eigenvalue weighted by molar-refractivity contribution is 7.89. The molecule has 28 heavy (non-hydrogen) atoms. The highest BCUT2D eigenvalue weighted by Crippen LogP contribution is 2.28. The van der Waals surface area contributed by atoms with Crippen molar-refractivity contribution < 1.29 is 13.2 Å². The summed E-state index contributed by atoms with van der Waals surface area (Å²) in [5.41, 5.74) is 0. The number of nitrogens with zero attached hydrogens (tertiary/aromatic N) is 1. The van der Waals surface area contributed by atoms with Crippen molar-refractivity contribution in [3.8, 4) is 0 Å². The monoisotopic (exact) mass is 420 g/mol. The van der Waals surface area contributed by atoms with Crippen LogP contribution in [0.3, 0.4) is 0 Å². The molecular weight excluding hydrogens is 392 g/mol. The Morgan fingerprint density at radius 1 is 1.14 bits per heavy atom. The largest absolute Gasteiger partial charge is 0.348 e. The number of hydrogen-bond donors (Lipinski definition) is 1. The smallest absolute Gasteiger partial charge is 0.243 e. The number of nitrogens with one attached hydrogen (secondary N) is 1. The fraction of sp³-hybridized carbons (Fsp3) is 0.476. The molecule has 0 saturated carbocycles. The van der Waals surface area contributed by atoms with E-state index in [1.165, 1.54) is 4.88 Å². The molecule has 152 valence electrons. The molecule has 1 unspecified atom stereocenters. The zero-order valence-electron chi connectivity index (χ0n) is 16.4. The Hall–Kier alpha value is -1.70. The first-order chi connectivity index (χ1) is 13.4. The number of sulfonamides is 1. The van der Waals surface area contributed by atoms with E-state index in [1.54, 1.807) is 39.9 Å². The summed E-state index contributed by atoms with van der Waals surface area (Å²) >= 11 is 1.66. The minimum absolute atomic E-state index is 0.0334. The van der Waals surface area contributed by atoms with Crippen molar-refractivity contribution in [3.05, 3.63) is 52.7 Å². The molecule has 2 heterocycles. The van der Waals surface area contributed by atoms with Gasteiger partial charge in [-0.2, -0.15) is 4.31 Å². The zero-order valence-corrected chi connectivity index (χ0v) is 18.0. The summed E-state index contributed by atoms with van der Waals surface area (Å²) in [6.45, 7) is 5.15. The van der Waals surface area contributed by atoms with Crippen LogP contribution in [-0.2, 0) is 14.8 Å². The quantitative estimate of drug-likeness (QED) is 0.735. The van der Waals surface area contributed by atoms with Crippen molar-refractivity contribution in [1.82, 2.24) is 9.62 Å². The van der Waals surface area contributed by atoms with Gasteiger partial charge in [-0.1, -0.05) is 38.1 Å². The Morgan fingerprint density at radius 3 is 2.39 bits per heavy atom. The van der Waals surface area contributed by atoms with E-state index in [9.17, 15) is 13.2 Å². The Bertz CT molecular complexity index is 856. The first-order valence-corrected chi connectivity index (χ1v) is 12.1. The van der Waals surface area contributed by atoms with Crippen molar-refractivity contribution in [1.29, 1.82) is 0 Å². The number of carbonyl (C=O) groups is 1. The predicted molar refractivity (Wildman–Crippen MR) is 113 cm³/mol. The number of benzene rings is 1. The average Bonchev–Trinajstić information content (AvgIpc) is 3.21. The fourth-order valence-electron chi connectivity index (χ4n) is 3.62. The van der Waals surface area contributed by atoms with E-state index in [0.29, 0.717) is 43.2 Å². The highest BCUT2D eigenvalue weighted by atomic mass is 32.2. The Labute approximate surface area is 171 Å². The van der Waals surface area contributed by atoms with Crippen LogP contribution < -0.4 is 5.32 Å². The summed E-state index contributed by atoms with van der Waals surface area (Å²) in [6.07, 6.45) is 1.88. The molecule has 1 saturated heterocycles. The molecule has 0 aliphatic carbocycles. The van der Waals surface area contributed by atoms with E-state index in [0.717, 1.165) is 0 Å². The maximum Gasteiger partial charge on any atom is 0.243 e. The van der Waals surface area contributed by atoms with E-state index >= 15 is 0 Å². The lowest BCUT2D eigenvalue weighted by atomic mass is 9.93. The van der Waals surface area contributed by atoms with Crippen molar-refractivity contribution in [2.75, 3.05) is 13.1 Å². The molecule has 0 bridgehead atoms. The summed E-state index contributed by atoms with van der Waals surface area (Å²) in [4.78, 5) is 14.1. The number of amides is 1. The molecule has 1 aromatic carbocycles. The van der Waals surface area contributed by atoms with Crippen molar-refractivity contribution in [2.45, 2.75) is 44.0 Å². The third kappa shape index (κ3) is 5.01. The molecule has 7 heteroatoms. The van der Waals surface area contributed by atoms with Crippen LogP contribution in [-0.4, -0.2) is 31.7 Å². The molecule has 1 fully saturated rings. The topological polar surface area (TPSA) is 66.5 Å². The van der Waals surface area contributed by atoms with Gasteiger partial charge < -0.3 is 5.32 Å². The first kappa shape index (κ1) is 21.0. The fourth-order valence-corrected chi connectivity index (χ4v) is 6.06. The summed E-state index contributed by atoms with van der Waals surface area (Å²) in [5.74, 6) is 0.593. The number of rotatable bonds is 7.